The van der Waals surface area contributed by atoms with Crippen molar-refractivity contribution in [3.8, 4) is 0 Å². The van der Waals surface area contributed by atoms with Gasteiger partial charge in [0.2, 0.25) is 0 Å². The molecule has 1 atom stereocenters. The van der Waals surface area contributed by atoms with Crippen molar-refractivity contribution in [2.45, 2.75) is 38.6 Å². The molecule has 1 aliphatic heterocycles. The van der Waals surface area contributed by atoms with Gasteiger partial charge in [-0.1, -0.05) is 87.5 Å². The second-order valence-electron chi connectivity index (χ2n) is 9.22. The number of Topliss-reactive ketones (excluding diaryl/α,β-unsaturated/α-hetero) is 1. The van der Waals surface area contributed by atoms with Gasteiger partial charge in [0.1, 0.15) is 5.54 Å². The van der Waals surface area contributed by atoms with Gasteiger partial charge in [-0.05, 0) is 34.2 Å². The zero-order chi connectivity index (χ0) is 22.4. The van der Waals surface area contributed by atoms with Crippen LogP contribution in [0.5, 0.6) is 0 Å². The maximum Gasteiger partial charge on any atom is 0.325 e. The van der Waals surface area contributed by atoms with Gasteiger partial charge in [0.15, 0.2) is 5.78 Å². The van der Waals surface area contributed by atoms with Gasteiger partial charge in [-0.2, -0.15) is 0 Å². The minimum atomic E-state index is -1.23. The van der Waals surface area contributed by atoms with E-state index in [1.54, 1.807) is 19.1 Å². The van der Waals surface area contributed by atoms with Crippen LogP contribution in [-0.2, 0) is 15.7 Å². The number of rotatable bonds is 4. The molecule has 3 aromatic rings. The Bertz CT molecular complexity index is 1190. The molecule has 5 nitrogen and oxygen atoms in total. The molecule has 0 spiro atoms. The SMILES string of the molecule is CC(C)(C)c1ccc(C(=O)CN2C(=O)NC(C)(c3cccc4ccccc34)C2=O)cc1. The Morgan fingerprint density at radius 2 is 1.58 bits per heavy atom. The molecule has 1 aliphatic rings. The third kappa shape index (κ3) is 3.61. The number of amides is 3. The fraction of sp³-hybridized carbons (Fsp3) is 0.269. The van der Waals surface area contributed by atoms with Crippen LogP contribution in [0.1, 0.15) is 49.2 Å². The number of ketones is 1. The van der Waals surface area contributed by atoms with Gasteiger partial charge in [-0.3, -0.25) is 14.5 Å². The summed E-state index contributed by atoms with van der Waals surface area (Å²) >= 11 is 0. The van der Waals surface area contributed by atoms with Crippen LogP contribution in [0.15, 0.2) is 66.7 Å². The first kappa shape index (κ1) is 20.8. The monoisotopic (exact) mass is 414 g/mol. The summed E-state index contributed by atoms with van der Waals surface area (Å²) in [5.41, 5.74) is 1.06. The van der Waals surface area contributed by atoms with Crippen molar-refractivity contribution >= 4 is 28.5 Å². The zero-order valence-electron chi connectivity index (χ0n) is 18.2. The highest BCUT2D eigenvalue weighted by atomic mass is 16.2. The zero-order valence-corrected chi connectivity index (χ0v) is 18.2. The van der Waals surface area contributed by atoms with Crippen LogP contribution >= 0.6 is 0 Å². The number of imide groups is 1. The molecule has 31 heavy (non-hydrogen) atoms. The maximum absolute atomic E-state index is 13.3. The largest absolute Gasteiger partial charge is 0.325 e. The topological polar surface area (TPSA) is 66.5 Å². The van der Waals surface area contributed by atoms with Gasteiger partial charge in [0.05, 0.1) is 6.54 Å². The van der Waals surface area contributed by atoms with Gasteiger partial charge in [-0.15, -0.1) is 0 Å². The molecule has 3 amide bonds. The van der Waals surface area contributed by atoms with Crippen molar-refractivity contribution in [2.24, 2.45) is 0 Å². The van der Waals surface area contributed by atoms with E-state index in [1.807, 2.05) is 54.6 Å². The van der Waals surface area contributed by atoms with E-state index in [1.165, 1.54) is 0 Å². The summed E-state index contributed by atoms with van der Waals surface area (Å²) in [6, 6.07) is 20.2. The lowest BCUT2D eigenvalue weighted by molar-refractivity contribution is -0.130. The summed E-state index contributed by atoms with van der Waals surface area (Å²) in [5.74, 6) is -0.695. The maximum atomic E-state index is 13.3. The highest BCUT2D eigenvalue weighted by Crippen LogP contribution is 2.34. The minimum absolute atomic E-state index is 0.0212. The predicted octanol–water partition coefficient (Wildman–Crippen LogP) is 4.79. The summed E-state index contributed by atoms with van der Waals surface area (Å²) in [6.07, 6.45) is 0. The molecule has 0 bridgehead atoms. The lowest BCUT2D eigenvalue weighted by atomic mass is 9.86. The van der Waals surface area contributed by atoms with Crippen molar-refractivity contribution in [3.05, 3.63) is 83.4 Å². The van der Waals surface area contributed by atoms with Crippen LogP contribution in [0.2, 0.25) is 0 Å². The summed E-state index contributed by atoms with van der Waals surface area (Å²) < 4.78 is 0. The highest BCUT2D eigenvalue weighted by molar-refractivity contribution is 6.12. The number of hydrogen-bond acceptors (Lipinski definition) is 3. The van der Waals surface area contributed by atoms with Crippen LogP contribution in [0.25, 0.3) is 10.8 Å². The molecular formula is C26H26N2O3. The number of carbonyl (C=O) groups excluding carboxylic acids is 3. The fourth-order valence-electron chi connectivity index (χ4n) is 4.08. The van der Waals surface area contributed by atoms with Crippen molar-refractivity contribution < 1.29 is 14.4 Å². The third-order valence-corrected chi connectivity index (χ3v) is 5.98. The minimum Gasteiger partial charge on any atom is -0.319 e. The normalized spacial score (nSPS) is 19.0. The number of carbonyl (C=O) groups is 3. The van der Waals surface area contributed by atoms with E-state index >= 15 is 0 Å². The highest BCUT2D eigenvalue weighted by Gasteiger charge is 2.50. The number of nitrogens with zero attached hydrogens (tertiary/aromatic N) is 1. The molecule has 1 N–H and O–H groups in total. The summed E-state index contributed by atoms with van der Waals surface area (Å²) in [6.45, 7) is 7.71. The van der Waals surface area contributed by atoms with Gasteiger partial charge >= 0.3 is 6.03 Å². The first-order valence-electron chi connectivity index (χ1n) is 10.4. The second-order valence-corrected chi connectivity index (χ2v) is 9.22. The van der Waals surface area contributed by atoms with E-state index in [-0.39, 0.29) is 17.7 Å². The number of benzene rings is 3. The summed E-state index contributed by atoms with van der Waals surface area (Å²) in [7, 11) is 0. The van der Waals surface area contributed by atoms with E-state index in [4.69, 9.17) is 0 Å². The van der Waals surface area contributed by atoms with Crippen molar-refractivity contribution in [3.63, 3.8) is 0 Å². The lowest BCUT2D eigenvalue weighted by Crippen LogP contribution is -2.41. The lowest BCUT2D eigenvalue weighted by Gasteiger charge is -2.24. The summed E-state index contributed by atoms with van der Waals surface area (Å²) in [5, 5.41) is 4.69. The molecule has 1 unspecified atom stereocenters. The van der Waals surface area contributed by atoms with Crippen LogP contribution in [0, 0.1) is 0 Å². The van der Waals surface area contributed by atoms with E-state index in [2.05, 4.69) is 26.1 Å². The van der Waals surface area contributed by atoms with Gasteiger partial charge in [-0.25, -0.2) is 4.79 Å². The van der Waals surface area contributed by atoms with E-state index in [9.17, 15) is 14.4 Å². The van der Waals surface area contributed by atoms with Gasteiger partial charge < -0.3 is 5.32 Å². The molecule has 4 rings (SSSR count). The molecular weight excluding hydrogens is 388 g/mol. The van der Waals surface area contributed by atoms with Crippen LogP contribution in [-0.4, -0.2) is 29.2 Å². The summed E-state index contributed by atoms with van der Waals surface area (Å²) in [4.78, 5) is 39.9. The molecule has 0 saturated carbocycles. The Morgan fingerprint density at radius 3 is 2.26 bits per heavy atom. The molecule has 3 aromatic carbocycles. The standard InChI is InChI=1S/C26H26N2O3/c1-25(2,3)19-14-12-18(13-15-19)22(29)16-28-23(30)26(4,27-24(28)31)21-11-7-9-17-8-5-6-10-20(17)21/h5-15H,16H2,1-4H3,(H,27,31). The average Bonchev–Trinajstić information content (AvgIpc) is 2.96. The van der Waals surface area contributed by atoms with E-state index in [0.717, 1.165) is 21.2 Å². The number of urea groups is 1. The van der Waals surface area contributed by atoms with E-state index in [0.29, 0.717) is 11.1 Å². The quantitative estimate of drug-likeness (QED) is 0.493. The third-order valence-electron chi connectivity index (χ3n) is 5.98. The number of hydrogen-bond donors (Lipinski definition) is 1. The van der Waals surface area contributed by atoms with Crippen molar-refractivity contribution in [2.75, 3.05) is 6.54 Å². The van der Waals surface area contributed by atoms with Gasteiger partial charge in [0.25, 0.3) is 5.91 Å². The Kier molecular flexibility index (Phi) is 4.92. The molecule has 0 aliphatic carbocycles. The Morgan fingerprint density at radius 1 is 0.935 bits per heavy atom. The van der Waals surface area contributed by atoms with Crippen LogP contribution < -0.4 is 5.32 Å². The van der Waals surface area contributed by atoms with Crippen molar-refractivity contribution in [1.29, 1.82) is 0 Å². The smallest absolute Gasteiger partial charge is 0.319 e. The molecule has 1 fully saturated rings. The van der Waals surface area contributed by atoms with Crippen LogP contribution in [0.3, 0.4) is 0 Å². The number of nitrogens with one attached hydrogen (secondary N) is 1. The fourth-order valence-corrected chi connectivity index (χ4v) is 4.08. The van der Waals surface area contributed by atoms with Crippen molar-refractivity contribution in [1.82, 2.24) is 10.2 Å². The van der Waals surface area contributed by atoms with E-state index < -0.39 is 17.5 Å². The average molecular weight is 415 g/mol. The molecule has 1 saturated heterocycles. The molecule has 1 heterocycles. The number of fused-ring (bicyclic) bond motifs is 1. The first-order valence-corrected chi connectivity index (χ1v) is 10.4. The molecule has 0 aromatic heterocycles. The Balaban J connectivity index is 1.60. The molecule has 5 heteroatoms. The predicted molar refractivity (Wildman–Crippen MR) is 121 cm³/mol. The van der Waals surface area contributed by atoms with Gasteiger partial charge in [0, 0.05) is 5.56 Å². The molecule has 158 valence electrons. The second kappa shape index (κ2) is 7.34. The Labute approximate surface area is 182 Å². The first-order chi connectivity index (χ1) is 14.6. The van der Waals surface area contributed by atoms with Crippen LogP contribution in [0.4, 0.5) is 4.79 Å². The Hall–Kier alpha value is -3.47. The molecule has 0 radical (unpaired) electrons.